The van der Waals surface area contributed by atoms with Crippen LogP contribution in [0.4, 0.5) is 0 Å². The summed E-state index contributed by atoms with van der Waals surface area (Å²) in [7, 11) is -2.18. The summed E-state index contributed by atoms with van der Waals surface area (Å²) >= 11 is 0. The van der Waals surface area contributed by atoms with Crippen molar-refractivity contribution in [2.75, 3.05) is 46.4 Å². The molecule has 9 nitrogen and oxygen atoms in total. The van der Waals surface area contributed by atoms with Crippen molar-refractivity contribution in [3.8, 4) is 0 Å². The average Bonchev–Trinajstić information content (AvgIpc) is 3.09. The van der Waals surface area contributed by atoms with Crippen molar-refractivity contribution in [2.45, 2.75) is 32.6 Å². The van der Waals surface area contributed by atoms with Crippen LogP contribution in [0.3, 0.4) is 0 Å². The Hall–Kier alpha value is -1.46. The maximum absolute atomic E-state index is 12.9. The van der Waals surface area contributed by atoms with Gasteiger partial charge in [0.25, 0.3) is 10.2 Å². The zero-order chi connectivity index (χ0) is 19.6. The molecule has 2 fully saturated rings. The summed E-state index contributed by atoms with van der Waals surface area (Å²) in [5.74, 6) is 0.318. The summed E-state index contributed by atoms with van der Waals surface area (Å²) in [6.45, 7) is 7.12. The summed E-state index contributed by atoms with van der Waals surface area (Å²) in [6, 6.07) is 3.33. The quantitative estimate of drug-likeness (QED) is 0.665. The van der Waals surface area contributed by atoms with E-state index in [0.717, 1.165) is 0 Å². The van der Waals surface area contributed by atoms with Crippen LogP contribution < -0.4 is 0 Å². The molecule has 0 amide bonds. The van der Waals surface area contributed by atoms with Crippen LogP contribution in [0.2, 0.25) is 0 Å². The molecule has 2 aliphatic heterocycles. The Bertz CT molecular complexity index is 746. The summed E-state index contributed by atoms with van der Waals surface area (Å²) < 4.78 is 44.6. The van der Waals surface area contributed by atoms with Crippen molar-refractivity contribution < 1.29 is 27.1 Å². The smallest absolute Gasteiger partial charge is 0.373 e. The molecular weight excluding hydrogens is 374 g/mol. The van der Waals surface area contributed by atoms with Crippen LogP contribution in [0, 0.1) is 0 Å². The van der Waals surface area contributed by atoms with Gasteiger partial charge in [0.15, 0.2) is 0 Å². The lowest BCUT2D eigenvalue weighted by Crippen LogP contribution is -2.56. The lowest BCUT2D eigenvalue weighted by Gasteiger charge is -2.40. The third-order valence-electron chi connectivity index (χ3n) is 4.80. The molecule has 1 aromatic rings. The Kier molecular flexibility index (Phi) is 6.21. The standard InChI is InChI=1S/C17H27N3O6S/c1-13-10-20(11-14(2)25-13)27(22,23)19-8-6-18(7-9-19)12-15-4-5-16(26-15)17(21)24-3/h4-5,13-14H,6-12H2,1-3H3/t13-,14-/m1/s1. The molecule has 2 atom stereocenters. The topological polar surface area (TPSA) is 92.5 Å². The first-order valence-corrected chi connectivity index (χ1v) is 10.5. The van der Waals surface area contributed by atoms with Crippen molar-refractivity contribution in [3.63, 3.8) is 0 Å². The van der Waals surface area contributed by atoms with E-state index in [4.69, 9.17) is 9.15 Å². The number of carbonyl (C=O) groups excluding carboxylic acids is 1. The van der Waals surface area contributed by atoms with Crippen molar-refractivity contribution in [1.82, 2.24) is 13.5 Å². The number of ether oxygens (including phenoxy) is 2. The average molecular weight is 401 g/mol. The Balaban J connectivity index is 1.55. The molecule has 152 valence electrons. The van der Waals surface area contributed by atoms with Crippen LogP contribution >= 0.6 is 0 Å². The number of morpholine rings is 1. The maximum Gasteiger partial charge on any atom is 0.373 e. The van der Waals surface area contributed by atoms with Gasteiger partial charge in [0.1, 0.15) is 5.76 Å². The molecule has 2 aliphatic rings. The fourth-order valence-corrected chi connectivity index (χ4v) is 5.24. The van der Waals surface area contributed by atoms with Gasteiger partial charge >= 0.3 is 5.97 Å². The molecule has 0 aliphatic carbocycles. The van der Waals surface area contributed by atoms with Crippen LogP contribution in [-0.2, 0) is 26.2 Å². The van der Waals surface area contributed by atoms with Gasteiger partial charge in [0.05, 0.1) is 25.9 Å². The normalized spacial score (nSPS) is 26.2. The summed E-state index contributed by atoms with van der Waals surface area (Å²) in [6.07, 6.45) is -0.208. The number of rotatable bonds is 5. The van der Waals surface area contributed by atoms with Crippen LogP contribution in [-0.4, -0.2) is 86.5 Å². The van der Waals surface area contributed by atoms with E-state index in [1.165, 1.54) is 15.7 Å². The fraction of sp³-hybridized carbons (Fsp3) is 0.706. The second-order valence-electron chi connectivity index (χ2n) is 7.01. The second kappa shape index (κ2) is 8.27. The second-order valence-corrected chi connectivity index (χ2v) is 8.94. The maximum atomic E-state index is 12.9. The van der Waals surface area contributed by atoms with Gasteiger partial charge in [-0.15, -0.1) is 0 Å². The van der Waals surface area contributed by atoms with E-state index in [-0.39, 0.29) is 18.0 Å². The third kappa shape index (κ3) is 4.69. The molecule has 0 aromatic carbocycles. The molecule has 2 saturated heterocycles. The van der Waals surface area contributed by atoms with E-state index in [9.17, 15) is 13.2 Å². The van der Waals surface area contributed by atoms with Gasteiger partial charge in [-0.1, -0.05) is 0 Å². The van der Waals surface area contributed by atoms with Crippen molar-refractivity contribution in [2.24, 2.45) is 0 Å². The number of piperazine rings is 1. The van der Waals surface area contributed by atoms with Gasteiger partial charge in [-0.3, -0.25) is 4.90 Å². The molecule has 27 heavy (non-hydrogen) atoms. The minimum absolute atomic E-state index is 0.104. The molecule has 0 spiro atoms. The minimum atomic E-state index is -3.48. The molecule has 3 heterocycles. The third-order valence-corrected chi connectivity index (χ3v) is 6.77. The fourth-order valence-electron chi connectivity index (χ4n) is 3.49. The Labute approximate surface area is 160 Å². The zero-order valence-corrected chi connectivity index (χ0v) is 16.8. The van der Waals surface area contributed by atoms with Gasteiger partial charge in [0.2, 0.25) is 5.76 Å². The molecule has 0 saturated carbocycles. The number of hydrogen-bond acceptors (Lipinski definition) is 7. The van der Waals surface area contributed by atoms with Gasteiger partial charge in [-0.05, 0) is 26.0 Å². The largest absolute Gasteiger partial charge is 0.463 e. The first-order chi connectivity index (χ1) is 12.8. The van der Waals surface area contributed by atoms with Crippen LogP contribution in [0.15, 0.2) is 16.5 Å². The molecule has 0 bridgehead atoms. The van der Waals surface area contributed by atoms with Crippen LogP contribution in [0.25, 0.3) is 0 Å². The van der Waals surface area contributed by atoms with Gasteiger partial charge < -0.3 is 13.9 Å². The number of carbonyl (C=O) groups is 1. The number of furan rings is 1. The van der Waals surface area contributed by atoms with Crippen molar-refractivity contribution in [3.05, 3.63) is 23.7 Å². The molecule has 0 radical (unpaired) electrons. The highest BCUT2D eigenvalue weighted by Gasteiger charge is 2.36. The minimum Gasteiger partial charge on any atom is -0.463 e. The van der Waals surface area contributed by atoms with Gasteiger partial charge in [-0.2, -0.15) is 17.0 Å². The van der Waals surface area contributed by atoms with E-state index in [2.05, 4.69) is 9.64 Å². The molecule has 3 rings (SSSR count). The van der Waals surface area contributed by atoms with Gasteiger partial charge in [0, 0.05) is 39.3 Å². The summed E-state index contributed by atoms with van der Waals surface area (Å²) in [4.78, 5) is 13.6. The van der Waals surface area contributed by atoms with E-state index < -0.39 is 16.2 Å². The van der Waals surface area contributed by atoms with Crippen LogP contribution in [0.1, 0.15) is 30.2 Å². The van der Waals surface area contributed by atoms with E-state index in [1.807, 2.05) is 13.8 Å². The molecule has 10 heteroatoms. The molecule has 0 unspecified atom stereocenters. The van der Waals surface area contributed by atoms with Crippen molar-refractivity contribution in [1.29, 1.82) is 0 Å². The van der Waals surface area contributed by atoms with E-state index in [1.54, 1.807) is 12.1 Å². The van der Waals surface area contributed by atoms with E-state index >= 15 is 0 Å². The summed E-state index contributed by atoms with van der Waals surface area (Å²) in [5, 5.41) is 0. The summed E-state index contributed by atoms with van der Waals surface area (Å²) in [5.41, 5.74) is 0. The Morgan fingerprint density at radius 2 is 1.74 bits per heavy atom. The lowest BCUT2D eigenvalue weighted by molar-refractivity contribution is -0.0457. The number of esters is 1. The molecular formula is C17H27N3O6S. The highest BCUT2D eigenvalue weighted by atomic mass is 32.2. The Morgan fingerprint density at radius 1 is 1.11 bits per heavy atom. The number of nitrogens with zero attached hydrogens (tertiary/aromatic N) is 3. The first kappa shape index (κ1) is 20.3. The predicted molar refractivity (Wildman–Crippen MR) is 97.4 cm³/mol. The monoisotopic (exact) mass is 401 g/mol. The van der Waals surface area contributed by atoms with E-state index in [0.29, 0.717) is 51.6 Å². The first-order valence-electron chi connectivity index (χ1n) is 9.09. The number of hydrogen-bond donors (Lipinski definition) is 0. The zero-order valence-electron chi connectivity index (χ0n) is 16.0. The number of methoxy groups -OCH3 is 1. The highest BCUT2D eigenvalue weighted by Crippen LogP contribution is 2.20. The van der Waals surface area contributed by atoms with Gasteiger partial charge in [-0.25, -0.2) is 4.79 Å². The highest BCUT2D eigenvalue weighted by molar-refractivity contribution is 7.86. The lowest BCUT2D eigenvalue weighted by atomic mass is 10.3. The Morgan fingerprint density at radius 3 is 2.33 bits per heavy atom. The van der Waals surface area contributed by atoms with Crippen LogP contribution in [0.5, 0.6) is 0 Å². The van der Waals surface area contributed by atoms with Crippen molar-refractivity contribution >= 4 is 16.2 Å². The molecule has 1 aromatic heterocycles. The predicted octanol–water partition coefficient (Wildman–Crippen LogP) is 0.538. The molecule has 0 N–H and O–H groups in total. The SMILES string of the molecule is COC(=O)c1ccc(CN2CCN(S(=O)(=O)N3C[C@@H](C)O[C@H](C)C3)CC2)o1.